The fourth-order valence-electron chi connectivity index (χ4n) is 3.33. The van der Waals surface area contributed by atoms with Crippen molar-refractivity contribution in [2.75, 3.05) is 50.6 Å². The molecule has 2 aliphatic rings. The molecule has 25 heavy (non-hydrogen) atoms. The van der Waals surface area contributed by atoms with Gasteiger partial charge in [0.2, 0.25) is 0 Å². The molecule has 1 aromatic rings. The van der Waals surface area contributed by atoms with Crippen LogP contribution in [0.3, 0.4) is 0 Å². The van der Waals surface area contributed by atoms with E-state index in [9.17, 15) is 9.59 Å². The molecule has 0 saturated carbocycles. The molecule has 0 bridgehead atoms. The van der Waals surface area contributed by atoms with Crippen LogP contribution >= 0.6 is 0 Å². The van der Waals surface area contributed by atoms with Crippen LogP contribution in [0.2, 0.25) is 0 Å². The molecular formula is C18H23N3O4. The average molecular weight is 345 g/mol. The summed E-state index contributed by atoms with van der Waals surface area (Å²) in [5.41, 5.74) is 3.67. The Morgan fingerprint density at radius 1 is 1.40 bits per heavy atom. The minimum absolute atomic E-state index is 0.138. The van der Waals surface area contributed by atoms with Gasteiger partial charge in [0.25, 0.3) is 5.91 Å². The first-order chi connectivity index (χ1) is 12.0. The van der Waals surface area contributed by atoms with Gasteiger partial charge in [-0.3, -0.25) is 4.79 Å². The number of carbonyl (C=O) groups is 2. The standard InChI is InChI=1S/C18H23N3O4/c1-20-7-3-4-12-5-6-13(10-15(12)20)19-16-14(18(24)25-2)11-21(8-9-22)17(16)23/h5-6,10,19,22H,3-4,7-9,11H2,1-2H3. The summed E-state index contributed by atoms with van der Waals surface area (Å²) in [5.74, 6) is -0.841. The molecule has 0 atom stereocenters. The van der Waals surface area contributed by atoms with Crippen LogP contribution in [0.5, 0.6) is 0 Å². The average Bonchev–Trinajstić information content (AvgIpc) is 2.92. The summed E-state index contributed by atoms with van der Waals surface area (Å²) in [5, 5.41) is 12.2. The highest BCUT2D eigenvalue weighted by atomic mass is 16.5. The van der Waals surface area contributed by atoms with Crippen molar-refractivity contribution in [3.8, 4) is 0 Å². The number of hydrogen-bond donors (Lipinski definition) is 2. The molecule has 0 saturated heterocycles. The number of nitrogens with one attached hydrogen (secondary N) is 1. The minimum atomic E-state index is -0.536. The van der Waals surface area contributed by atoms with Gasteiger partial charge >= 0.3 is 5.97 Å². The van der Waals surface area contributed by atoms with E-state index < -0.39 is 5.97 Å². The summed E-state index contributed by atoms with van der Waals surface area (Å²) >= 11 is 0. The van der Waals surface area contributed by atoms with Gasteiger partial charge in [0.05, 0.1) is 25.8 Å². The van der Waals surface area contributed by atoms with Gasteiger partial charge in [-0.25, -0.2) is 4.79 Å². The molecule has 1 aromatic carbocycles. The summed E-state index contributed by atoms with van der Waals surface area (Å²) in [6, 6.07) is 5.97. The van der Waals surface area contributed by atoms with E-state index in [1.165, 1.54) is 17.6 Å². The van der Waals surface area contributed by atoms with E-state index >= 15 is 0 Å². The number of hydrogen-bond acceptors (Lipinski definition) is 6. The molecule has 1 amide bonds. The van der Waals surface area contributed by atoms with Gasteiger partial charge < -0.3 is 25.0 Å². The highest BCUT2D eigenvalue weighted by Gasteiger charge is 2.34. The molecule has 7 heteroatoms. The lowest BCUT2D eigenvalue weighted by Crippen LogP contribution is -2.31. The predicted octanol–water partition coefficient (Wildman–Crippen LogP) is 0.742. The van der Waals surface area contributed by atoms with Crippen LogP contribution in [-0.2, 0) is 20.7 Å². The van der Waals surface area contributed by atoms with E-state index in [0.717, 1.165) is 30.8 Å². The summed E-state index contributed by atoms with van der Waals surface area (Å²) in [7, 11) is 3.34. The molecule has 3 rings (SSSR count). The summed E-state index contributed by atoms with van der Waals surface area (Å²) < 4.78 is 4.80. The molecule has 0 fully saturated rings. The van der Waals surface area contributed by atoms with E-state index in [-0.39, 0.29) is 36.9 Å². The monoisotopic (exact) mass is 345 g/mol. The number of fused-ring (bicyclic) bond motifs is 1. The fourth-order valence-corrected chi connectivity index (χ4v) is 3.33. The van der Waals surface area contributed by atoms with Crippen LogP contribution in [0.15, 0.2) is 29.5 Å². The van der Waals surface area contributed by atoms with Crippen molar-refractivity contribution in [2.24, 2.45) is 0 Å². The number of aliphatic hydroxyl groups excluding tert-OH is 1. The number of amides is 1. The highest BCUT2D eigenvalue weighted by molar-refractivity contribution is 6.08. The van der Waals surface area contributed by atoms with Gasteiger partial charge in [-0.2, -0.15) is 0 Å². The van der Waals surface area contributed by atoms with Gasteiger partial charge in [0.1, 0.15) is 5.70 Å². The Kier molecular flexibility index (Phi) is 4.94. The Balaban J connectivity index is 1.90. The minimum Gasteiger partial charge on any atom is -0.466 e. The van der Waals surface area contributed by atoms with Gasteiger partial charge in [-0.1, -0.05) is 6.07 Å². The van der Waals surface area contributed by atoms with Crippen molar-refractivity contribution in [2.45, 2.75) is 12.8 Å². The second-order valence-corrected chi connectivity index (χ2v) is 6.29. The maximum absolute atomic E-state index is 12.6. The number of aliphatic hydroxyl groups is 1. The van der Waals surface area contributed by atoms with E-state index in [1.54, 1.807) is 0 Å². The van der Waals surface area contributed by atoms with Gasteiger partial charge in [-0.15, -0.1) is 0 Å². The first-order valence-electron chi connectivity index (χ1n) is 8.38. The number of nitrogens with zero attached hydrogens (tertiary/aromatic N) is 2. The molecule has 0 spiro atoms. The third-order valence-electron chi connectivity index (χ3n) is 4.66. The van der Waals surface area contributed by atoms with Crippen LogP contribution in [-0.4, -0.2) is 62.3 Å². The molecule has 0 radical (unpaired) electrons. The second kappa shape index (κ2) is 7.14. The van der Waals surface area contributed by atoms with Crippen molar-refractivity contribution in [1.29, 1.82) is 0 Å². The third kappa shape index (κ3) is 3.32. The number of esters is 1. The van der Waals surface area contributed by atoms with E-state index in [2.05, 4.69) is 16.3 Å². The largest absolute Gasteiger partial charge is 0.466 e. The summed E-state index contributed by atoms with van der Waals surface area (Å²) in [6.07, 6.45) is 2.17. The highest BCUT2D eigenvalue weighted by Crippen LogP contribution is 2.30. The van der Waals surface area contributed by atoms with Crippen molar-refractivity contribution >= 4 is 23.3 Å². The Morgan fingerprint density at radius 2 is 2.20 bits per heavy atom. The smallest absolute Gasteiger partial charge is 0.337 e. The number of benzene rings is 1. The zero-order valence-electron chi connectivity index (χ0n) is 14.5. The van der Waals surface area contributed by atoms with Crippen LogP contribution in [0.25, 0.3) is 0 Å². The molecule has 2 aliphatic heterocycles. The summed E-state index contributed by atoms with van der Waals surface area (Å²) in [6.45, 7) is 1.16. The normalized spacial score (nSPS) is 17.0. The van der Waals surface area contributed by atoms with Crippen molar-refractivity contribution in [1.82, 2.24) is 4.90 Å². The lowest BCUT2D eigenvalue weighted by Gasteiger charge is -2.28. The SMILES string of the molecule is COC(=O)C1=C(Nc2ccc3c(c2)N(C)CCC3)C(=O)N(CCO)C1. The lowest BCUT2D eigenvalue weighted by atomic mass is 10.0. The van der Waals surface area contributed by atoms with Crippen molar-refractivity contribution < 1.29 is 19.4 Å². The van der Waals surface area contributed by atoms with Gasteiger partial charge in [0, 0.05) is 31.5 Å². The molecular weight excluding hydrogens is 322 g/mol. The number of carbonyl (C=O) groups excluding carboxylic acids is 2. The number of aryl methyl sites for hydroxylation is 1. The molecule has 0 unspecified atom stereocenters. The molecule has 2 heterocycles. The zero-order valence-corrected chi connectivity index (χ0v) is 14.5. The van der Waals surface area contributed by atoms with Gasteiger partial charge in [-0.05, 0) is 30.5 Å². The molecule has 0 aromatic heterocycles. The first-order valence-corrected chi connectivity index (χ1v) is 8.38. The maximum atomic E-state index is 12.6. The Labute approximate surface area is 146 Å². The molecule has 0 aliphatic carbocycles. The van der Waals surface area contributed by atoms with Crippen LogP contribution in [0, 0.1) is 0 Å². The number of anilines is 2. The number of β-amino-alcohol motifs (C(OH)–C–C–N with tert-alkyl or cyclic N) is 1. The Bertz CT molecular complexity index is 729. The molecule has 134 valence electrons. The van der Waals surface area contributed by atoms with Crippen LogP contribution in [0.1, 0.15) is 12.0 Å². The quantitative estimate of drug-likeness (QED) is 0.766. The Morgan fingerprint density at radius 3 is 2.92 bits per heavy atom. The topological polar surface area (TPSA) is 82.1 Å². The number of ether oxygens (including phenoxy) is 1. The second-order valence-electron chi connectivity index (χ2n) is 6.29. The van der Waals surface area contributed by atoms with E-state index in [4.69, 9.17) is 9.84 Å². The van der Waals surface area contributed by atoms with Crippen molar-refractivity contribution in [3.05, 3.63) is 35.0 Å². The van der Waals surface area contributed by atoms with E-state index in [1.807, 2.05) is 19.2 Å². The lowest BCUT2D eigenvalue weighted by molar-refractivity contribution is -0.136. The van der Waals surface area contributed by atoms with Crippen LogP contribution in [0.4, 0.5) is 11.4 Å². The number of rotatable bonds is 5. The molecule has 7 nitrogen and oxygen atoms in total. The predicted molar refractivity (Wildman–Crippen MR) is 94.4 cm³/mol. The van der Waals surface area contributed by atoms with Gasteiger partial charge in [0.15, 0.2) is 0 Å². The summed E-state index contributed by atoms with van der Waals surface area (Å²) in [4.78, 5) is 28.2. The van der Waals surface area contributed by atoms with Crippen LogP contribution < -0.4 is 10.2 Å². The number of methoxy groups -OCH3 is 1. The molecule has 2 N–H and O–H groups in total. The zero-order chi connectivity index (χ0) is 18.0. The maximum Gasteiger partial charge on any atom is 0.337 e. The first kappa shape index (κ1) is 17.3. The fraction of sp³-hybridized carbons (Fsp3) is 0.444. The Hall–Kier alpha value is -2.54. The third-order valence-corrected chi connectivity index (χ3v) is 4.66. The van der Waals surface area contributed by atoms with E-state index in [0.29, 0.717) is 0 Å². The van der Waals surface area contributed by atoms with Crippen molar-refractivity contribution in [3.63, 3.8) is 0 Å².